The first-order valence-corrected chi connectivity index (χ1v) is 9.05. The number of ether oxygens (including phenoxy) is 1. The van der Waals surface area contributed by atoms with E-state index in [2.05, 4.69) is 30.4 Å². The second kappa shape index (κ2) is 8.08. The molecule has 0 fully saturated rings. The van der Waals surface area contributed by atoms with E-state index < -0.39 is 0 Å². The lowest BCUT2D eigenvalue weighted by Gasteiger charge is -2.14. The third kappa shape index (κ3) is 4.37. The van der Waals surface area contributed by atoms with E-state index in [0.29, 0.717) is 5.92 Å². The Bertz CT molecular complexity index is 986. The van der Waals surface area contributed by atoms with Crippen molar-refractivity contribution in [1.29, 1.82) is 0 Å². The van der Waals surface area contributed by atoms with Crippen molar-refractivity contribution >= 4 is 23.0 Å². The minimum Gasteiger partial charge on any atom is -0.483 e. The van der Waals surface area contributed by atoms with Crippen LogP contribution in [0.25, 0.3) is 10.9 Å². The van der Waals surface area contributed by atoms with Crippen LogP contribution in [0.4, 0.5) is 0 Å². The average molecular weight is 363 g/mol. The fourth-order valence-electron chi connectivity index (χ4n) is 3.07. The Morgan fingerprint density at radius 2 is 2.04 bits per heavy atom. The number of aromatic nitrogens is 1. The van der Waals surface area contributed by atoms with Crippen molar-refractivity contribution in [1.82, 2.24) is 9.99 Å². The van der Waals surface area contributed by atoms with Crippen LogP contribution >= 0.6 is 0 Å². The highest BCUT2D eigenvalue weighted by Gasteiger charge is 2.10. The first-order chi connectivity index (χ1) is 13.0. The molecule has 140 valence electrons. The third-order valence-electron chi connectivity index (χ3n) is 4.47. The molecule has 1 aromatic heterocycles. The molecule has 0 atom stereocenters. The van der Waals surface area contributed by atoms with Crippen LogP contribution in [0.15, 0.2) is 53.8 Å². The normalized spacial score (nSPS) is 11.4. The van der Waals surface area contributed by atoms with Crippen molar-refractivity contribution in [3.05, 3.63) is 65.4 Å². The maximum atomic E-state index is 12.1. The van der Waals surface area contributed by atoms with E-state index in [1.807, 2.05) is 61.1 Å². The highest BCUT2D eigenvalue weighted by molar-refractivity contribution is 5.99. The lowest BCUT2D eigenvalue weighted by atomic mass is 10.0. The zero-order valence-electron chi connectivity index (χ0n) is 16.2. The number of amides is 1. The zero-order chi connectivity index (χ0) is 19.4. The fourth-order valence-corrected chi connectivity index (χ4v) is 3.07. The van der Waals surface area contributed by atoms with Crippen molar-refractivity contribution in [2.45, 2.75) is 26.7 Å². The maximum absolute atomic E-state index is 12.1. The van der Waals surface area contributed by atoms with Crippen molar-refractivity contribution in [3.63, 3.8) is 0 Å². The molecular formula is C22H25N3O2. The second-order valence-corrected chi connectivity index (χ2v) is 6.99. The minimum absolute atomic E-state index is 0.0734. The Morgan fingerprint density at radius 3 is 2.81 bits per heavy atom. The van der Waals surface area contributed by atoms with E-state index in [4.69, 9.17) is 4.74 Å². The Labute approximate surface area is 159 Å². The lowest BCUT2D eigenvalue weighted by molar-refractivity contribution is -0.123. The fraction of sp³-hybridized carbons (Fsp3) is 0.273. The van der Waals surface area contributed by atoms with Crippen molar-refractivity contribution < 1.29 is 9.53 Å². The maximum Gasteiger partial charge on any atom is 0.277 e. The number of carbonyl (C=O) groups excluding carboxylic acids is 1. The van der Waals surface area contributed by atoms with Gasteiger partial charge in [0.05, 0.1) is 6.21 Å². The molecule has 0 spiro atoms. The SMILES string of the molecule is Cc1ccc(C(C)C)c(OCC(=O)NN=Cc2cn(C)c3ccccc23)c1. The highest BCUT2D eigenvalue weighted by Crippen LogP contribution is 2.27. The molecular weight excluding hydrogens is 338 g/mol. The molecule has 0 aliphatic heterocycles. The van der Waals surface area contributed by atoms with E-state index in [1.165, 1.54) is 0 Å². The first kappa shape index (κ1) is 18.7. The van der Waals surface area contributed by atoms with Gasteiger partial charge in [0, 0.05) is 29.7 Å². The summed E-state index contributed by atoms with van der Waals surface area (Å²) < 4.78 is 7.76. The largest absolute Gasteiger partial charge is 0.483 e. The molecule has 1 heterocycles. The van der Waals surface area contributed by atoms with Crippen LogP contribution in [0.1, 0.15) is 36.5 Å². The smallest absolute Gasteiger partial charge is 0.277 e. The van der Waals surface area contributed by atoms with Gasteiger partial charge >= 0.3 is 0 Å². The standard InChI is InChI=1S/C22H25N3O2/c1-15(2)18-10-9-16(3)11-21(18)27-14-22(26)24-23-12-17-13-25(4)20-8-6-5-7-19(17)20/h5-13,15H,14H2,1-4H3,(H,24,26). The van der Waals surface area contributed by atoms with Gasteiger partial charge in [0.25, 0.3) is 5.91 Å². The molecule has 0 unspecified atom stereocenters. The van der Waals surface area contributed by atoms with E-state index in [-0.39, 0.29) is 12.5 Å². The molecule has 1 amide bonds. The lowest BCUT2D eigenvalue weighted by Crippen LogP contribution is -2.25. The molecule has 0 aliphatic carbocycles. The molecule has 0 aliphatic rings. The Balaban J connectivity index is 1.62. The number of para-hydroxylation sites is 1. The van der Waals surface area contributed by atoms with Crippen LogP contribution < -0.4 is 10.2 Å². The number of hydrazone groups is 1. The summed E-state index contributed by atoms with van der Waals surface area (Å²) in [6, 6.07) is 14.1. The van der Waals surface area contributed by atoms with Crippen molar-refractivity contribution in [2.75, 3.05) is 6.61 Å². The summed E-state index contributed by atoms with van der Waals surface area (Å²) in [5.74, 6) is 0.786. The van der Waals surface area contributed by atoms with Gasteiger partial charge in [0.1, 0.15) is 5.75 Å². The number of nitrogens with one attached hydrogen (secondary N) is 1. The van der Waals surface area contributed by atoms with Crippen LogP contribution in [-0.4, -0.2) is 23.3 Å². The minimum atomic E-state index is -0.289. The molecule has 5 heteroatoms. The highest BCUT2D eigenvalue weighted by atomic mass is 16.5. The molecule has 0 saturated carbocycles. The summed E-state index contributed by atoms with van der Waals surface area (Å²) in [7, 11) is 1.99. The molecule has 5 nitrogen and oxygen atoms in total. The summed E-state index contributed by atoms with van der Waals surface area (Å²) in [6.07, 6.45) is 3.64. The summed E-state index contributed by atoms with van der Waals surface area (Å²) in [4.78, 5) is 12.1. The first-order valence-electron chi connectivity index (χ1n) is 9.05. The van der Waals surface area contributed by atoms with Crippen LogP contribution in [-0.2, 0) is 11.8 Å². The molecule has 0 saturated heterocycles. The predicted octanol–water partition coefficient (Wildman–Crippen LogP) is 4.14. The van der Waals surface area contributed by atoms with Gasteiger partial charge in [-0.1, -0.05) is 44.2 Å². The quantitative estimate of drug-likeness (QED) is 0.529. The molecule has 0 radical (unpaired) electrons. The number of benzene rings is 2. The molecule has 0 bridgehead atoms. The van der Waals surface area contributed by atoms with Gasteiger partial charge in [-0.05, 0) is 36.1 Å². The molecule has 1 N–H and O–H groups in total. The van der Waals surface area contributed by atoms with Crippen LogP contribution in [0, 0.1) is 6.92 Å². The van der Waals surface area contributed by atoms with E-state index in [9.17, 15) is 4.79 Å². The summed E-state index contributed by atoms with van der Waals surface area (Å²) in [5.41, 5.74) is 6.80. The van der Waals surface area contributed by atoms with Gasteiger partial charge < -0.3 is 9.30 Å². The Kier molecular flexibility index (Phi) is 5.60. The van der Waals surface area contributed by atoms with Crippen molar-refractivity contribution in [3.8, 4) is 5.75 Å². The van der Waals surface area contributed by atoms with Crippen LogP contribution in [0.3, 0.4) is 0 Å². The van der Waals surface area contributed by atoms with Gasteiger partial charge in [-0.2, -0.15) is 5.10 Å². The number of nitrogens with zero attached hydrogens (tertiary/aromatic N) is 2. The average Bonchev–Trinajstić information content (AvgIpc) is 2.96. The molecule has 3 aromatic rings. The van der Waals surface area contributed by atoms with E-state index in [1.54, 1.807) is 6.21 Å². The summed E-state index contributed by atoms with van der Waals surface area (Å²) in [5, 5.41) is 5.17. The Hall–Kier alpha value is -3.08. The van der Waals surface area contributed by atoms with Gasteiger partial charge in [0.2, 0.25) is 0 Å². The number of aryl methyl sites for hydroxylation is 2. The van der Waals surface area contributed by atoms with E-state index >= 15 is 0 Å². The summed E-state index contributed by atoms with van der Waals surface area (Å²) in [6.45, 7) is 6.14. The zero-order valence-corrected chi connectivity index (χ0v) is 16.2. The van der Waals surface area contributed by atoms with Crippen LogP contribution in [0.2, 0.25) is 0 Å². The van der Waals surface area contributed by atoms with Gasteiger partial charge in [-0.25, -0.2) is 5.43 Å². The molecule has 27 heavy (non-hydrogen) atoms. The predicted molar refractivity (Wildman–Crippen MR) is 109 cm³/mol. The van der Waals surface area contributed by atoms with Crippen molar-refractivity contribution in [2.24, 2.45) is 12.1 Å². The Morgan fingerprint density at radius 1 is 1.26 bits per heavy atom. The molecule has 2 aromatic carbocycles. The number of hydrogen-bond acceptors (Lipinski definition) is 3. The number of hydrogen-bond donors (Lipinski definition) is 1. The third-order valence-corrected chi connectivity index (χ3v) is 4.47. The van der Waals surface area contributed by atoms with Crippen LogP contribution in [0.5, 0.6) is 5.75 Å². The monoisotopic (exact) mass is 363 g/mol. The van der Waals surface area contributed by atoms with Gasteiger partial charge in [-0.15, -0.1) is 0 Å². The number of carbonyl (C=O) groups is 1. The summed E-state index contributed by atoms with van der Waals surface area (Å²) >= 11 is 0. The topological polar surface area (TPSA) is 55.6 Å². The molecule has 3 rings (SSSR count). The van der Waals surface area contributed by atoms with Gasteiger partial charge in [0.15, 0.2) is 6.61 Å². The second-order valence-electron chi connectivity index (χ2n) is 6.99. The van der Waals surface area contributed by atoms with E-state index in [0.717, 1.165) is 33.3 Å². The van der Waals surface area contributed by atoms with Gasteiger partial charge in [-0.3, -0.25) is 4.79 Å². The number of fused-ring (bicyclic) bond motifs is 1. The number of rotatable bonds is 6.